The van der Waals surface area contributed by atoms with Gasteiger partial charge in [-0.05, 0) is 5.92 Å². The average molecular weight is 127 g/mol. The van der Waals surface area contributed by atoms with Gasteiger partial charge in [0.15, 0.2) is 0 Å². The van der Waals surface area contributed by atoms with Crippen LogP contribution in [0, 0.1) is 12.3 Å². The molecule has 0 N–H and O–H groups in total. The molecule has 0 saturated carbocycles. The zero-order valence-corrected chi connectivity index (χ0v) is 6.26. The lowest BCUT2D eigenvalue weighted by Gasteiger charge is -2.03. The Kier molecular flexibility index (Phi) is 5.59. The molecule has 0 bridgehead atoms. The van der Waals surface area contributed by atoms with Gasteiger partial charge in [0.25, 0.3) is 0 Å². The Bertz CT molecular complexity index is 69.0. The summed E-state index contributed by atoms with van der Waals surface area (Å²) >= 11 is 0. The normalized spacial score (nSPS) is 13.1. The minimum Gasteiger partial charge on any atom is -0.303 e. The Morgan fingerprint density at radius 2 is 2.22 bits per heavy atom. The van der Waals surface area contributed by atoms with Gasteiger partial charge >= 0.3 is 0 Å². The van der Waals surface area contributed by atoms with Gasteiger partial charge in [0, 0.05) is 6.42 Å². The number of rotatable bonds is 5. The molecule has 0 heterocycles. The number of hydrogen-bond acceptors (Lipinski definition) is 1. The molecule has 1 heteroatoms. The SMILES string of the molecule is CCCCC(C)[CH]C=O. The lowest BCUT2D eigenvalue weighted by atomic mass is 10.0. The van der Waals surface area contributed by atoms with E-state index in [0.29, 0.717) is 5.92 Å². The maximum Gasteiger partial charge on any atom is 0.124 e. The lowest BCUT2D eigenvalue weighted by molar-refractivity contribution is -0.105. The summed E-state index contributed by atoms with van der Waals surface area (Å²) in [6.07, 6.45) is 6.20. The van der Waals surface area contributed by atoms with Gasteiger partial charge < -0.3 is 4.79 Å². The van der Waals surface area contributed by atoms with Crippen molar-refractivity contribution in [2.45, 2.75) is 33.1 Å². The maximum absolute atomic E-state index is 9.92. The van der Waals surface area contributed by atoms with Crippen LogP contribution in [0.25, 0.3) is 0 Å². The fraction of sp³-hybridized carbons (Fsp3) is 0.750. The molecule has 9 heavy (non-hydrogen) atoms. The Labute approximate surface area is 57.5 Å². The molecule has 53 valence electrons. The Morgan fingerprint density at radius 1 is 1.56 bits per heavy atom. The molecule has 0 amide bonds. The second-order valence-electron chi connectivity index (χ2n) is 2.45. The van der Waals surface area contributed by atoms with Crippen molar-refractivity contribution in [1.82, 2.24) is 0 Å². The van der Waals surface area contributed by atoms with E-state index >= 15 is 0 Å². The number of carbonyl (C=O) groups excluding carboxylic acids is 1. The summed E-state index contributed by atoms with van der Waals surface area (Å²) in [5, 5.41) is 0. The molecule has 0 spiro atoms. The van der Waals surface area contributed by atoms with Crippen LogP contribution in [-0.2, 0) is 4.79 Å². The largest absolute Gasteiger partial charge is 0.303 e. The summed E-state index contributed by atoms with van der Waals surface area (Å²) in [6.45, 7) is 4.23. The summed E-state index contributed by atoms with van der Waals surface area (Å²) in [5.74, 6) is 0.474. The Hall–Kier alpha value is -0.330. The minimum atomic E-state index is 0.474. The molecule has 0 fully saturated rings. The fourth-order valence-electron chi connectivity index (χ4n) is 0.756. The van der Waals surface area contributed by atoms with Crippen LogP contribution in [0.4, 0.5) is 0 Å². The molecule has 0 rings (SSSR count). The van der Waals surface area contributed by atoms with E-state index in [1.165, 1.54) is 12.8 Å². The maximum atomic E-state index is 9.92. The van der Waals surface area contributed by atoms with E-state index < -0.39 is 0 Å². The predicted octanol–water partition coefficient (Wildman–Crippen LogP) is 2.22. The molecule has 0 saturated heterocycles. The van der Waals surface area contributed by atoms with E-state index in [2.05, 4.69) is 13.8 Å². The number of unbranched alkanes of at least 4 members (excludes halogenated alkanes) is 1. The summed E-state index contributed by atoms with van der Waals surface area (Å²) in [4.78, 5) is 9.92. The van der Waals surface area contributed by atoms with Crippen LogP contribution >= 0.6 is 0 Å². The molecule has 0 aromatic heterocycles. The molecule has 0 aliphatic rings. The third-order valence-electron chi connectivity index (χ3n) is 1.42. The van der Waals surface area contributed by atoms with Crippen molar-refractivity contribution in [1.29, 1.82) is 0 Å². The van der Waals surface area contributed by atoms with Crippen LogP contribution in [0.15, 0.2) is 0 Å². The van der Waals surface area contributed by atoms with Crippen LogP contribution in [-0.4, -0.2) is 6.29 Å². The van der Waals surface area contributed by atoms with E-state index in [9.17, 15) is 4.79 Å². The van der Waals surface area contributed by atoms with Crippen LogP contribution in [0.3, 0.4) is 0 Å². The van der Waals surface area contributed by atoms with Crippen molar-refractivity contribution in [2.75, 3.05) is 0 Å². The quantitative estimate of drug-likeness (QED) is 0.517. The third kappa shape index (κ3) is 5.54. The molecule has 1 nitrogen and oxygen atoms in total. The first-order valence-corrected chi connectivity index (χ1v) is 3.60. The van der Waals surface area contributed by atoms with Gasteiger partial charge in [-0.15, -0.1) is 0 Å². The zero-order valence-electron chi connectivity index (χ0n) is 6.26. The highest BCUT2D eigenvalue weighted by Gasteiger charge is 1.98. The first-order chi connectivity index (χ1) is 4.31. The van der Waals surface area contributed by atoms with Crippen LogP contribution < -0.4 is 0 Å². The van der Waals surface area contributed by atoms with Crippen LogP contribution in [0.1, 0.15) is 33.1 Å². The number of aldehydes is 1. The van der Waals surface area contributed by atoms with E-state index in [1.54, 1.807) is 6.42 Å². The van der Waals surface area contributed by atoms with Crippen molar-refractivity contribution in [3.05, 3.63) is 6.42 Å². The monoisotopic (exact) mass is 127 g/mol. The van der Waals surface area contributed by atoms with Crippen molar-refractivity contribution < 1.29 is 4.79 Å². The standard InChI is InChI=1S/C8H15O/c1-3-4-5-8(2)6-7-9/h6-8H,3-5H2,1-2H3. The second kappa shape index (κ2) is 5.80. The summed E-state index contributed by atoms with van der Waals surface area (Å²) in [5.41, 5.74) is 0. The van der Waals surface area contributed by atoms with Crippen molar-refractivity contribution in [3.8, 4) is 0 Å². The van der Waals surface area contributed by atoms with E-state index in [0.717, 1.165) is 12.7 Å². The fourth-order valence-corrected chi connectivity index (χ4v) is 0.756. The van der Waals surface area contributed by atoms with Crippen LogP contribution in [0.5, 0.6) is 0 Å². The highest BCUT2D eigenvalue weighted by molar-refractivity contribution is 5.61. The average Bonchev–Trinajstić information content (AvgIpc) is 1.85. The van der Waals surface area contributed by atoms with Gasteiger partial charge in [0.1, 0.15) is 6.29 Å². The zero-order chi connectivity index (χ0) is 7.11. The molecule has 0 aromatic rings. The van der Waals surface area contributed by atoms with Gasteiger partial charge in [-0.3, -0.25) is 0 Å². The minimum absolute atomic E-state index is 0.474. The van der Waals surface area contributed by atoms with E-state index in [-0.39, 0.29) is 0 Å². The molecule has 1 radical (unpaired) electrons. The van der Waals surface area contributed by atoms with E-state index in [4.69, 9.17) is 0 Å². The molecule has 0 aliphatic heterocycles. The van der Waals surface area contributed by atoms with E-state index in [1.807, 2.05) is 0 Å². The topological polar surface area (TPSA) is 17.1 Å². The lowest BCUT2D eigenvalue weighted by Crippen LogP contribution is -1.95. The molecule has 1 atom stereocenters. The van der Waals surface area contributed by atoms with Gasteiger partial charge in [-0.1, -0.05) is 33.1 Å². The van der Waals surface area contributed by atoms with Gasteiger partial charge in [-0.25, -0.2) is 0 Å². The second-order valence-corrected chi connectivity index (χ2v) is 2.45. The number of hydrogen-bond donors (Lipinski definition) is 0. The molecule has 0 aliphatic carbocycles. The van der Waals surface area contributed by atoms with Gasteiger partial charge in [0.05, 0.1) is 0 Å². The summed E-state index contributed by atoms with van der Waals surface area (Å²) < 4.78 is 0. The molecular formula is C8H15O. The number of carbonyl (C=O) groups is 1. The van der Waals surface area contributed by atoms with Gasteiger partial charge in [-0.2, -0.15) is 0 Å². The first-order valence-electron chi connectivity index (χ1n) is 3.60. The highest BCUT2D eigenvalue weighted by atomic mass is 16.1. The predicted molar refractivity (Wildman–Crippen MR) is 39.1 cm³/mol. The van der Waals surface area contributed by atoms with Crippen molar-refractivity contribution in [3.63, 3.8) is 0 Å². The van der Waals surface area contributed by atoms with Crippen molar-refractivity contribution in [2.24, 2.45) is 5.92 Å². The molecular weight excluding hydrogens is 112 g/mol. The summed E-state index contributed by atoms with van der Waals surface area (Å²) in [7, 11) is 0. The Balaban J connectivity index is 3.04. The smallest absolute Gasteiger partial charge is 0.124 e. The van der Waals surface area contributed by atoms with Crippen molar-refractivity contribution >= 4 is 6.29 Å². The third-order valence-corrected chi connectivity index (χ3v) is 1.42. The first kappa shape index (κ1) is 8.67. The highest BCUT2D eigenvalue weighted by Crippen LogP contribution is 2.08. The van der Waals surface area contributed by atoms with Gasteiger partial charge in [0.2, 0.25) is 0 Å². The molecule has 0 aromatic carbocycles. The summed E-state index contributed by atoms with van der Waals surface area (Å²) in [6, 6.07) is 0. The van der Waals surface area contributed by atoms with Crippen LogP contribution in [0.2, 0.25) is 0 Å². The molecule has 1 unspecified atom stereocenters. The Morgan fingerprint density at radius 3 is 2.67 bits per heavy atom.